The van der Waals surface area contributed by atoms with E-state index < -0.39 is 0 Å². The van der Waals surface area contributed by atoms with Crippen molar-refractivity contribution in [2.45, 2.75) is 6.54 Å². The van der Waals surface area contributed by atoms with Crippen LogP contribution in [0.25, 0.3) is 0 Å². The summed E-state index contributed by atoms with van der Waals surface area (Å²) in [6, 6.07) is 7.75. The number of anilines is 1. The Morgan fingerprint density at radius 2 is 2.21 bits per heavy atom. The topological polar surface area (TPSA) is 29.3 Å². The molecule has 1 aromatic heterocycles. The molecule has 2 aromatic rings. The number of halogens is 2. The van der Waals surface area contributed by atoms with Crippen LogP contribution in [0.2, 0.25) is 5.02 Å². The third kappa shape index (κ3) is 3.69. The normalized spacial score (nSPS) is 10.5. The Bertz CT molecular complexity index is 612. The summed E-state index contributed by atoms with van der Waals surface area (Å²) in [5, 5.41) is 2.73. The molecular weight excluding hydrogens is 364 g/mol. The Morgan fingerprint density at radius 3 is 2.74 bits per heavy atom. The number of hydrogen-bond acceptors (Lipinski definition) is 3. The van der Waals surface area contributed by atoms with Gasteiger partial charge in [-0.25, -0.2) is 0 Å². The number of thiocarbonyl (C=S) groups is 1. The highest BCUT2D eigenvalue weighted by atomic mass is 79.9. The zero-order valence-electron chi connectivity index (χ0n) is 10.2. The Balaban J connectivity index is 2.19. The van der Waals surface area contributed by atoms with Gasteiger partial charge in [0.15, 0.2) is 0 Å². The maximum Gasteiger partial charge on any atom is 0.104 e. The molecule has 0 saturated carbocycles. The third-order valence-corrected chi connectivity index (χ3v) is 4.88. The van der Waals surface area contributed by atoms with Gasteiger partial charge in [0.25, 0.3) is 0 Å². The van der Waals surface area contributed by atoms with Crippen molar-refractivity contribution < 1.29 is 0 Å². The summed E-state index contributed by atoms with van der Waals surface area (Å²) in [4.78, 5) is 3.73. The second-order valence-corrected chi connectivity index (χ2v) is 6.88. The van der Waals surface area contributed by atoms with Crippen molar-refractivity contribution in [1.29, 1.82) is 0 Å². The van der Waals surface area contributed by atoms with Gasteiger partial charge in [0.2, 0.25) is 0 Å². The smallest absolute Gasteiger partial charge is 0.104 e. The van der Waals surface area contributed by atoms with Crippen LogP contribution >= 0.6 is 51.1 Å². The van der Waals surface area contributed by atoms with Crippen LogP contribution < -0.4 is 10.6 Å². The fourth-order valence-electron chi connectivity index (χ4n) is 1.73. The van der Waals surface area contributed by atoms with E-state index in [0.717, 1.165) is 22.3 Å². The highest BCUT2D eigenvalue weighted by Gasteiger charge is 2.09. The minimum absolute atomic E-state index is 0.360. The van der Waals surface area contributed by atoms with Crippen molar-refractivity contribution in [3.8, 4) is 0 Å². The molecule has 0 atom stereocenters. The SMILES string of the molecule is CN(Cc1cc(Br)cs1)c1ccc(C(N)=S)cc1Cl. The van der Waals surface area contributed by atoms with Crippen LogP contribution in [0.15, 0.2) is 34.1 Å². The summed E-state index contributed by atoms with van der Waals surface area (Å²) in [6.45, 7) is 0.808. The number of nitrogens with zero attached hydrogens (tertiary/aromatic N) is 1. The van der Waals surface area contributed by atoms with Crippen LogP contribution in [0.5, 0.6) is 0 Å². The van der Waals surface area contributed by atoms with Crippen molar-refractivity contribution in [1.82, 2.24) is 0 Å². The van der Waals surface area contributed by atoms with E-state index in [1.165, 1.54) is 4.88 Å². The molecule has 1 aromatic carbocycles. The number of hydrogen-bond donors (Lipinski definition) is 1. The number of benzene rings is 1. The molecule has 0 aliphatic rings. The first-order valence-corrected chi connectivity index (χ1v) is 7.96. The van der Waals surface area contributed by atoms with Gasteiger partial charge in [0.05, 0.1) is 17.3 Å². The van der Waals surface area contributed by atoms with Crippen LogP contribution in [0.1, 0.15) is 10.4 Å². The molecule has 6 heteroatoms. The standard InChI is InChI=1S/C13H12BrClN2S2/c1-17(6-10-5-9(14)7-19-10)12-3-2-8(13(16)18)4-11(12)15/h2-5,7H,6H2,1H3,(H2,16,18). The van der Waals surface area contributed by atoms with Gasteiger partial charge in [0.1, 0.15) is 4.99 Å². The van der Waals surface area contributed by atoms with E-state index >= 15 is 0 Å². The maximum absolute atomic E-state index is 6.28. The second kappa shape index (κ2) is 6.22. The summed E-state index contributed by atoms with van der Waals surface area (Å²) in [6.07, 6.45) is 0. The second-order valence-electron chi connectivity index (χ2n) is 4.12. The maximum atomic E-state index is 6.28. The van der Waals surface area contributed by atoms with Crippen LogP contribution in [0, 0.1) is 0 Å². The summed E-state index contributed by atoms with van der Waals surface area (Å²) >= 11 is 16.4. The third-order valence-electron chi connectivity index (χ3n) is 2.66. The van der Waals surface area contributed by atoms with Gasteiger partial charge in [-0.05, 0) is 40.2 Å². The minimum atomic E-state index is 0.360. The monoisotopic (exact) mass is 374 g/mol. The van der Waals surface area contributed by atoms with Gasteiger partial charge in [-0.1, -0.05) is 23.8 Å². The number of thiophene rings is 1. The number of rotatable bonds is 4. The molecule has 1 heterocycles. The summed E-state index contributed by atoms with van der Waals surface area (Å²) < 4.78 is 1.11. The van der Waals surface area contributed by atoms with Crippen LogP contribution in [0.3, 0.4) is 0 Å². The van der Waals surface area contributed by atoms with E-state index in [-0.39, 0.29) is 0 Å². The van der Waals surface area contributed by atoms with Gasteiger partial charge in [0, 0.05) is 27.3 Å². The molecule has 2 N–H and O–H groups in total. The van der Waals surface area contributed by atoms with E-state index in [4.69, 9.17) is 29.6 Å². The molecular formula is C13H12BrClN2S2. The first-order chi connectivity index (χ1) is 8.97. The molecule has 0 amide bonds. The van der Waals surface area contributed by atoms with E-state index in [1.54, 1.807) is 17.4 Å². The molecule has 100 valence electrons. The molecule has 0 aliphatic carbocycles. The fourth-order valence-corrected chi connectivity index (χ4v) is 3.68. The molecule has 2 nitrogen and oxygen atoms in total. The van der Waals surface area contributed by atoms with E-state index in [9.17, 15) is 0 Å². The van der Waals surface area contributed by atoms with Gasteiger partial charge in [-0.3, -0.25) is 0 Å². The van der Waals surface area contributed by atoms with Crippen molar-refractivity contribution in [3.05, 3.63) is 49.6 Å². The van der Waals surface area contributed by atoms with Crippen LogP contribution in [0.4, 0.5) is 5.69 Å². The molecule has 0 unspecified atom stereocenters. The summed E-state index contributed by atoms with van der Waals surface area (Å²) in [7, 11) is 2.01. The fraction of sp³-hybridized carbons (Fsp3) is 0.154. The van der Waals surface area contributed by atoms with Crippen LogP contribution in [-0.4, -0.2) is 12.0 Å². The Hall–Kier alpha value is -0.620. The molecule has 0 spiro atoms. The van der Waals surface area contributed by atoms with E-state index in [0.29, 0.717) is 10.0 Å². The quantitative estimate of drug-likeness (QED) is 0.801. The lowest BCUT2D eigenvalue weighted by molar-refractivity contribution is 0.940. The largest absolute Gasteiger partial charge is 0.389 e. The lowest BCUT2D eigenvalue weighted by Gasteiger charge is -2.20. The first-order valence-electron chi connectivity index (χ1n) is 5.51. The van der Waals surface area contributed by atoms with Crippen molar-refractivity contribution >= 4 is 61.8 Å². The first kappa shape index (κ1) is 14.8. The zero-order chi connectivity index (χ0) is 14.0. The molecule has 0 fully saturated rings. The highest BCUT2D eigenvalue weighted by molar-refractivity contribution is 9.10. The Morgan fingerprint density at radius 1 is 1.47 bits per heavy atom. The predicted molar refractivity (Wildman–Crippen MR) is 91.5 cm³/mol. The Kier molecular flexibility index (Phi) is 4.84. The average molecular weight is 376 g/mol. The molecule has 0 radical (unpaired) electrons. The van der Waals surface area contributed by atoms with Crippen molar-refractivity contribution in [2.75, 3.05) is 11.9 Å². The van der Waals surface area contributed by atoms with Gasteiger partial charge in [-0.15, -0.1) is 11.3 Å². The van der Waals surface area contributed by atoms with Gasteiger partial charge in [-0.2, -0.15) is 0 Å². The number of nitrogens with two attached hydrogens (primary N) is 1. The van der Waals surface area contributed by atoms with Crippen molar-refractivity contribution in [3.63, 3.8) is 0 Å². The highest BCUT2D eigenvalue weighted by Crippen LogP contribution is 2.29. The van der Waals surface area contributed by atoms with Crippen molar-refractivity contribution in [2.24, 2.45) is 5.73 Å². The Labute approximate surface area is 135 Å². The summed E-state index contributed by atoms with van der Waals surface area (Å²) in [5.41, 5.74) is 7.34. The molecule has 0 aliphatic heterocycles. The average Bonchev–Trinajstić information content (AvgIpc) is 2.74. The predicted octanol–water partition coefficient (Wildman–Crippen LogP) is 4.43. The van der Waals surface area contributed by atoms with Gasteiger partial charge >= 0.3 is 0 Å². The molecule has 19 heavy (non-hydrogen) atoms. The molecule has 0 saturated heterocycles. The zero-order valence-corrected chi connectivity index (χ0v) is 14.2. The molecule has 2 rings (SSSR count). The van der Waals surface area contributed by atoms with E-state index in [2.05, 4.69) is 32.3 Å². The van der Waals surface area contributed by atoms with Crippen LogP contribution in [-0.2, 0) is 6.54 Å². The molecule has 0 bridgehead atoms. The van der Waals surface area contributed by atoms with E-state index in [1.807, 2.05) is 19.2 Å². The lowest BCUT2D eigenvalue weighted by Crippen LogP contribution is -2.16. The summed E-state index contributed by atoms with van der Waals surface area (Å²) in [5.74, 6) is 0. The minimum Gasteiger partial charge on any atom is -0.389 e. The lowest BCUT2D eigenvalue weighted by atomic mass is 10.2. The van der Waals surface area contributed by atoms with Gasteiger partial charge < -0.3 is 10.6 Å².